The van der Waals surface area contributed by atoms with Crippen LogP contribution in [0, 0.1) is 0 Å². The van der Waals surface area contributed by atoms with Gasteiger partial charge in [-0.15, -0.1) is 0 Å². The highest BCUT2D eigenvalue weighted by atomic mass is 32.2. The van der Waals surface area contributed by atoms with Crippen LogP contribution in [-0.4, -0.2) is 31.6 Å². The smallest absolute Gasteiger partial charge is 0.240 e. The highest BCUT2D eigenvalue weighted by Gasteiger charge is 2.16. The molecule has 17 heavy (non-hydrogen) atoms. The third-order valence-electron chi connectivity index (χ3n) is 2.26. The van der Waals surface area contributed by atoms with Gasteiger partial charge in [-0.25, -0.2) is 13.1 Å². The van der Waals surface area contributed by atoms with Crippen molar-refractivity contribution in [2.45, 2.75) is 24.3 Å². The van der Waals surface area contributed by atoms with E-state index in [0.29, 0.717) is 0 Å². The SMILES string of the molecule is CSCCC(C)NS(=O)(=O)c1ccc(O)cc1. The fourth-order valence-electron chi connectivity index (χ4n) is 1.31. The molecule has 0 aliphatic carbocycles. The van der Waals surface area contributed by atoms with Gasteiger partial charge < -0.3 is 5.11 Å². The molecule has 0 saturated carbocycles. The van der Waals surface area contributed by atoms with Crippen LogP contribution < -0.4 is 4.72 Å². The molecule has 0 bridgehead atoms. The molecule has 2 N–H and O–H groups in total. The number of hydrogen-bond acceptors (Lipinski definition) is 4. The minimum absolute atomic E-state index is 0.0550. The van der Waals surface area contributed by atoms with Crippen molar-refractivity contribution in [3.05, 3.63) is 24.3 Å². The van der Waals surface area contributed by atoms with Crippen molar-refractivity contribution >= 4 is 21.8 Å². The van der Waals surface area contributed by atoms with Crippen LogP contribution in [0.1, 0.15) is 13.3 Å². The van der Waals surface area contributed by atoms with Crippen LogP contribution in [0.3, 0.4) is 0 Å². The molecule has 6 heteroatoms. The Hall–Kier alpha value is -0.720. The zero-order chi connectivity index (χ0) is 12.9. The van der Waals surface area contributed by atoms with Gasteiger partial charge in [0.2, 0.25) is 10.0 Å². The minimum atomic E-state index is -3.48. The lowest BCUT2D eigenvalue weighted by molar-refractivity contribution is 0.474. The number of aromatic hydroxyl groups is 1. The number of hydrogen-bond donors (Lipinski definition) is 2. The number of thioether (sulfide) groups is 1. The van der Waals surface area contributed by atoms with Gasteiger partial charge in [0.1, 0.15) is 5.75 Å². The molecule has 0 heterocycles. The number of phenols is 1. The predicted octanol–water partition coefficient (Wildman–Crippen LogP) is 1.81. The lowest BCUT2D eigenvalue weighted by Crippen LogP contribution is -2.32. The largest absolute Gasteiger partial charge is 0.508 e. The molecule has 0 radical (unpaired) electrons. The lowest BCUT2D eigenvalue weighted by atomic mass is 10.3. The average molecular weight is 275 g/mol. The topological polar surface area (TPSA) is 66.4 Å². The highest BCUT2D eigenvalue weighted by Crippen LogP contribution is 2.15. The molecular weight excluding hydrogens is 258 g/mol. The Morgan fingerprint density at radius 3 is 2.47 bits per heavy atom. The Balaban J connectivity index is 2.71. The summed E-state index contributed by atoms with van der Waals surface area (Å²) in [7, 11) is -3.48. The first kappa shape index (κ1) is 14.3. The summed E-state index contributed by atoms with van der Waals surface area (Å²) >= 11 is 1.69. The molecule has 0 aromatic heterocycles. The van der Waals surface area contributed by atoms with Gasteiger partial charge in [-0.2, -0.15) is 11.8 Å². The molecule has 1 unspecified atom stereocenters. The van der Waals surface area contributed by atoms with E-state index in [1.54, 1.807) is 11.8 Å². The van der Waals surface area contributed by atoms with Crippen molar-refractivity contribution < 1.29 is 13.5 Å². The number of benzene rings is 1. The fraction of sp³-hybridized carbons (Fsp3) is 0.455. The molecule has 0 spiro atoms. The van der Waals surface area contributed by atoms with Gasteiger partial charge in [0.05, 0.1) is 4.90 Å². The molecule has 1 rings (SSSR count). The third-order valence-corrected chi connectivity index (χ3v) is 4.51. The van der Waals surface area contributed by atoms with E-state index in [0.717, 1.165) is 12.2 Å². The predicted molar refractivity (Wildman–Crippen MR) is 70.9 cm³/mol. The second kappa shape index (κ2) is 6.28. The van der Waals surface area contributed by atoms with Gasteiger partial charge in [0.15, 0.2) is 0 Å². The van der Waals surface area contributed by atoms with Crippen LogP contribution in [-0.2, 0) is 10.0 Å². The average Bonchev–Trinajstić information content (AvgIpc) is 2.26. The van der Waals surface area contributed by atoms with E-state index in [9.17, 15) is 8.42 Å². The van der Waals surface area contributed by atoms with Crippen LogP contribution in [0.15, 0.2) is 29.2 Å². The standard InChI is InChI=1S/C11H17NO3S2/c1-9(7-8-16-2)12-17(14,15)11-5-3-10(13)4-6-11/h3-6,9,12-13H,7-8H2,1-2H3. The summed E-state index contributed by atoms with van der Waals surface area (Å²) in [4.78, 5) is 0.173. The number of rotatable bonds is 6. The molecule has 1 atom stereocenters. The Morgan fingerprint density at radius 1 is 1.35 bits per heavy atom. The quantitative estimate of drug-likeness (QED) is 0.831. The Labute approximate surface area is 106 Å². The molecule has 0 aliphatic heterocycles. The molecular formula is C11H17NO3S2. The number of phenolic OH excluding ortho intramolecular Hbond substituents is 1. The van der Waals surface area contributed by atoms with Crippen LogP contribution in [0.5, 0.6) is 5.75 Å². The summed E-state index contributed by atoms with van der Waals surface area (Å²) < 4.78 is 26.4. The van der Waals surface area contributed by atoms with Crippen molar-refractivity contribution in [2.24, 2.45) is 0 Å². The van der Waals surface area contributed by atoms with E-state index in [1.165, 1.54) is 24.3 Å². The number of nitrogens with one attached hydrogen (secondary N) is 1. The molecule has 96 valence electrons. The zero-order valence-electron chi connectivity index (χ0n) is 9.88. The first-order chi connectivity index (χ1) is 7.95. The molecule has 1 aromatic carbocycles. The molecule has 0 amide bonds. The first-order valence-corrected chi connectivity index (χ1v) is 8.13. The lowest BCUT2D eigenvalue weighted by Gasteiger charge is -2.13. The van der Waals surface area contributed by atoms with Crippen molar-refractivity contribution in [3.8, 4) is 5.75 Å². The normalized spacial score (nSPS) is 13.5. The molecule has 0 aliphatic rings. The van der Waals surface area contributed by atoms with Gasteiger partial charge in [-0.1, -0.05) is 0 Å². The van der Waals surface area contributed by atoms with Crippen molar-refractivity contribution in [2.75, 3.05) is 12.0 Å². The van der Waals surface area contributed by atoms with Crippen molar-refractivity contribution in [1.82, 2.24) is 4.72 Å². The highest BCUT2D eigenvalue weighted by molar-refractivity contribution is 7.98. The maximum atomic E-state index is 11.9. The summed E-state index contributed by atoms with van der Waals surface area (Å²) in [5.41, 5.74) is 0. The Bertz CT molecular complexity index is 442. The summed E-state index contributed by atoms with van der Waals surface area (Å²) in [5, 5.41) is 9.10. The van der Waals surface area contributed by atoms with E-state index < -0.39 is 10.0 Å². The Morgan fingerprint density at radius 2 is 1.94 bits per heavy atom. The molecule has 4 nitrogen and oxygen atoms in total. The van der Waals surface area contributed by atoms with Gasteiger partial charge in [-0.05, 0) is 49.6 Å². The maximum Gasteiger partial charge on any atom is 0.240 e. The summed E-state index contributed by atoms with van der Waals surface area (Å²) in [6.45, 7) is 1.84. The molecule has 1 aromatic rings. The molecule has 0 fully saturated rings. The summed E-state index contributed by atoms with van der Waals surface area (Å²) in [6, 6.07) is 5.40. The second-order valence-corrected chi connectivity index (χ2v) is 6.50. The van der Waals surface area contributed by atoms with E-state index >= 15 is 0 Å². The Kier molecular flexibility index (Phi) is 5.30. The summed E-state index contributed by atoms with van der Waals surface area (Å²) in [5.74, 6) is 0.971. The third kappa shape index (κ3) is 4.57. The first-order valence-electron chi connectivity index (χ1n) is 5.26. The van der Waals surface area contributed by atoms with Crippen LogP contribution >= 0.6 is 11.8 Å². The van der Waals surface area contributed by atoms with Gasteiger partial charge in [0.25, 0.3) is 0 Å². The van der Waals surface area contributed by atoms with Gasteiger partial charge >= 0.3 is 0 Å². The fourth-order valence-corrected chi connectivity index (χ4v) is 3.18. The van der Waals surface area contributed by atoms with E-state index in [-0.39, 0.29) is 16.7 Å². The second-order valence-electron chi connectivity index (χ2n) is 3.80. The van der Waals surface area contributed by atoms with Crippen molar-refractivity contribution in [1.29, 1.82) is 0 Å². The van der Waals surface area contributed by atoms with Crippen molar-refractivity contribution in [3.63, 3.8) is 0 Å². The van der Waals surface area contributed by atoms with Crippen LogP contribution in [0.2, 0.25) is 0 Å². The van der Waals surface area contributed by atoms with E-state index in [4.69, 9.17) is 5.11 Å². The van der Waals surface area contributed by atoms with E-state index in [1.807, 2.05) is 13.2 Å². The maximum absolute atomic E-state index is 11.9. The van der Waals surface area contributed by atoms with Crippen LogP contribution in [0.25, 0.3) is 0 Å². The monoisotopic (exact) mass is 275 g/mol. The zero-order valence-corrected chi connectivity index (χ0v) is 11.5. The minimum Gasteiger partial charge on any atom is -0.508 e. The van der Waals surface area contributed by atoms with Crippen LogP contribution in [0.4, 0.5) is 0 Å². The van der Waals surface area contributed by atoms with E-state index in [2.05, 4.69) is 4.72 Å². The van der Waals surface area contributed by atoms with Gasteiger partial charge in [0, 0.05) is 6.04 Å². The molecule has 0 saturated heterocycles. The summed E-state index contributed by atoms with van der Waals surface area (Å²) in [6.07, 6.45) is 2.78. The number of sulfonamides is 1. The van der Waals surface area contributed by atoms with Gasteiger partial charge in [-0.3, -0.25) is 0 Å².